The molecule has 0 bridgehead atoms. The van der Waals surface area contributed by atoms with Crippen molar-refractivity contribution in [1.82, 2.24) is 0 Å². The average Bonchev–Trinajstić information content (AvgIpc) is 2.62. The van der Waals surface area contributed by atoms with Gasteiger partial charge in [0, 0.05) is 5.69 Å². The highest BCUT2D eigenvalue weighted by atomic mass is 19.4. The van der Waals surface area contributed by atoms with E-state index in [0.717, 1.165) is 18.2 Å². The second-order valence-corrected chi connectivity index (χ2v) is 5.84. The number of rotatable bonds is 7. The highest BCUT2D eigenvalue weighted by Crippen LogP contribution is 2.24. The van der Waals surface area contributed by atoms with Gasteiger partial charge in [0.15, 0.2) is 17.7 Å². The molecule has 0 heterocycles. The molecule has 0 saturated carbocycles. The normalized spacial score (nSPS) is 12.1. The number of methoxy groups -OCH3 is 1. The molecular weight excluding hydrogens is 398 g/mol. The number of nitrogens with one attached hydrogen (secondary N) is 1. The van der Waals surface area contributed by atoms with Gasteiger partial charge in [0.25, 0.3) is 5.91 Å². The molecule has 156 valence electrons. The van der Waals surface area contributed by atoms with Crippen LogP contribution in [0.15, 0.2) is 42.5 Å². The number of hydrogen-bond acceptors (Lipinski definition) is 5. The maximum atomic E-state index is 13.6. The van der Waals surface area contributed by atoms with Crippen LogP contribution in [0.3, 0.4) is 0 Å². The van der Waals surface area contributed by atoms with Crippen LogP contribution in [0.4, 0.5) is 23.2 Å². The first-order valence-corrected chi connectivity index (χ1v) is 8.26. The van der Waals surface area contributed by atoms with Gasteiger partial charge in [-0.05, 0) is 48.9 Å². The zero-order valence-electron chi connectivity index (χ0n) is 15.4. The van der Waals surface area contributed by atoms with Gasteiger partial charge in [-0.25, -0.2) is 4.39 Å². The third-order valence-corrected chi connectivity index (χ3v) is 3.60. The maximum Gasteiger partial charge on any atom is 0.573 e. The van der Waals surface area contributed by atoms with Crippen LogP contribution in [-0.4, -0.2) is 31.5 Å². The fraction of sp³-hybridized carbons (Fsp3) is 0.263. The van der Waals surface area contributed by atoms with Crippen LogP contribution in [0.25, 0.3) is 0 Å². The number of hydrogen-bond donors (Lipinski definition) is 1. The number of carbonyl (C=O) groups is 2. The zero-order chi connectivity index (χ0) is 21.6. The Kier molecular flexibility index (Phi) is 7.03. The van der Waals surface area contributed by atoms with Crippen LogP contribution < -0.4 is 14.8 Å². The van der Waals surface area contributed by atoms with Gasteiger partial charge in [0.2, 0.25) is 0 Å². The number of esters is 1. The average molecular weight is 415 g/mol. The van der Waals surface area contributed by atoms with Gasteiger partial charge in [-0.2, -0.15) is 0 Å². The first-order chi connectivity index (χ1) is 13.6. The van der Waals surface area contributed by atoms with Crippen molar-refractivity contribution in [3.8, 4) is 11.5 Å². The predicted octanol–water partition coefficient (Wildman–Crippen LogP) is 3.85. The third-order valence-electron chi connectivity index (χ3n) is 3.60. The number of ether oxygens (including phenoxy) is 3. The molecule has 0 aliphatic heterocycles. The van der Waals surface area contributed by atoms with Gasteiger partial charge in [-0.1, -0.05) is 6.07 Å². The molecule has 6 nitrogen and oxygen atoms in total. The number of anilines is 1. The Morgan fingerprint density at radius 1 is 1.10 bits per heavy atom. The van der Waals surface area contributed by atoms with Gasteiger partial charge >= 0.3 is 12.3 Å². The van der Waals surface area contributed by atoms with Crippen LogP contribution in [0.2, 0.25) is 0 Å². The molecule has 0 radical (unpaired) electrons. The van der Waals surface area contributed by atoms with Gasteiger partial charge in [0.05, 0.1) is 13.5 Å². The molecule has 2 aromatic carbocycles. The van der Waals surface area contributed by atoms with Crippen molar-refractivity contribution in [1.29, 1.82) is 0 Å². The molecule has 29 heavy (non-hydrogen) atoms. The lowest BCUT2D eigenvalue weighted by Gasteiger charge is -2.14. The summed E-state index contributed by atoms with van der Waals surface area (Å²) >= 11 is 0. The molecule has 1 amide bonds. The summed E-state index contributed by atoms with van der Waals surface area (Å²) in [6.07, 6.45) is -6.26. The van der Waals surface area contributed by atoms with E-state index in [4.69, 9.17) is 9.47 Å². The molecule has 0 aliphatic rings. The van der Waals surface area contributed by atoms with Crippen LogP contribution >= 0.6 is 0 Å². The lowest BCUT2D eigenvalue weighted by Crippen LogP contribution is -2.30. The van der Waals surface area contributed by atoms with Crippen LogP contribution in [0, 0.1) is 5.82 Å². The lowest BCUT2D eigenvalue weighted by atomic mass is 10.1. The molecule has 0 saturated heterocycles. The van der Waals surface area contributed by atoms with E-state index < -0.39 is 35.9 Å². The first kappa shape index (κ1) is 22.0. The summed E-state index contributed by atoms with van der Waals surface area (Å²) in [7, 11) is 1.31. The SMILES string of the molecule is COc1ccc(CC(=O)O[C@H](C)C(=O)Nc2ccc(OC(F)(F)F)cc2)cc1F. The molecule has 0 aromatic heterocycles. The van der Waals surface area contributed by atoms with E-state index in [0.29, 0.717) is 5.56 Å². The van der Waals surface area contributed by atoms with Crippen molar-refractivity contribution in [3.63, 3.8) is 0 Å². The van der Waals surface area contributed by atoms with Crippen LogP contribution in [0.5, 0.6) is 11.5 Å². The van der Waals surface area contributed by atoms with Crippen molar-refractivity contribution in [2.45, 2.75) is 25.8 Å². The number of alkyl halides is 3. The van der Waals surface area contributed by atoms with Gasteiger partial charge in [-0.3, -0.25) is 9.59 Å². The molecule has 1 N–H and O–H groups in total. The van der Waals surface area contributed by atoms with Gasteiger partial charge in [-0.15, -0.1) is 13.2 Å². The minimum absolute atomic E-state index is 0.0292. The first-order valence-electron chi connectivity index (χ1n) is 8.26. The van der Waals surface area contributed by atoms with E-state index in [1.54, 1.807) is 0 Å². The van der Waals surface area contributed by atoms with E-state index >= 15 is 0 Å². The molecule has 10 heteroatoms. The predicted molar refractivity (Wildman–Crippen MR) is 94.0 cm³/mol. The Morgan fingerprint density at radius 3 is 2.31 bits per heavy atom. The Bertz CT molecular complexity index is 868. The van der Waals surface area contributed by atoms with Crippen molar-refractivity contribution in [3.05, 3.63) is 53.8 Å². The highest BCUT2D eigenvalue weighted by Gasteiger charge is 2.31. The molecule has 0 aliphatic carbocycles. The van der Waals surface area contributed by atoms with E-state index in [2.05, 4.69) is 10.1 Å². The summed E-state index contributed by atoms with van der Waals surface area (Å²) in [5.41, 5.74) is 0.519. The summed E-state index contributed by atoms with van der Waals surface area (Å²) in [6, 6.07) is 8.42. The summed E-state index contributed by atoms with van der Waals surface area (Å²) in [4.78, 5) is 24.0. The lowest BCUT2D eigenvalue weighted by molar-refractivity contribution is -0.274. The van der Waals surface area contributed by atoms with Crippen molar-refractivity contribution >= 4 is 17.6 Å². The van der Waals surface area contributed by atoms with E-state index in [1.165, 1.54) is 38.3 Å². The number of amides is 1. The minimum atomic E-state index is -4.82. The van der Waals surface area contributed by atoms with Crippen LogP contribution in [-0.2, 0) is 20.7 Å². The number of halogens is 4. The molecule has 2 aromatic rings. The monoisotopic (exact) mass is 415 g/mol. The van der Waals surface area contributed by atoms with E-state index in [9.17, 15) is 27.2 Å². The van der Waals surface area contributed by atoms with Crippen molar-refractivity contribution in [2.24, 2.45) is 0 Å². The Hall–Kier alpha value is -3.30. The van der Waals surface area contributed by atoms with Gasteiger partial charge in [0.1, 0.15) is 5.75 Å². The Balaban J connectivity index is 1.88. The van der Waals surface area contributed by atoms with Crippen molar-refractivity contribution < 1.29 is 41.4 Å². The fourth-order valence-electron chi connectivity index (χ4n) is 2.26. The Labute approximate surface area is 163 Å². The third kappa shape index (κ3) is 6.98. The number of benzene rings is 2. The number of carbonyl (C=O) groups excluding carboxylic acids is 2. The quantitative estimate of drug-likeness (QED) is 0.549. The maximum absolute atomic E-state index is 13.6. The topological polar surface area (TPSA) is 73.9 Å². The summed E-state index contributed by atoms with van der Waals surface area (Å²) in [5.74, 6) is -2.50. The smallest absolute Gasteiger partial charge is 0.494 e. The summed E-state index contributed by atoms with van der Waals surface area (Å²) in [5, 5.41) is 2.40. The molecule has 1 atom stereocenters. The molecule has 2 rings (SSSR count). The standard InChI is InChI=1S/C19H17F4NO5/c1-11(28-17(25)10-12-3-8-16(27-2)15(20)9-12)18(26)24-13-4-6-14(7-5-13)29-19(21,22)23/h3-9,11H,10H2,1-2H3,(H,24,26)/t11-/m1/s1. The highest BCUT2D eigenvalue weighted by molar-refractivity contribution is 5.95. The molecule has 0 spiro atoms. The second kappa shape index (κ2) is 9.26. The molecular formula is C19H17F4NO5. The van der Waals surface area contributed by atoms with Crippen molar-refractivity contribution in [2.75, 3.05) is 12.4 Å². The Morgan fingerprint density at radius 2 is 1.76 bits per heavy atom. The second-order valence-electron chi connectivity index (χ2n) is 5.84. The summed E-state index contributed by atoms with van der Waals surface area (Å²) in [6.45, 7) is 1.32. The minimum Gasteiger partial charge on any atom is -0.494 e. The van der Waals surface area contributed by atoms with E-state index in [1.807, 2.05) is 0 Å². The van der Waals surface area contributed by atoms with Crippen LogP contribution in [0.1, 0.15) is 12.5 Å². The molecule has 0 fully saturated rings. The molecule has 0 unspecified atom stereocenters. The zero-order valence-corrected chi connectivity index (χ0v) is 15.4. The fourth-order valence-corrected chi connectivity index (χ4v) is 2.26. The summed E-state index contributed by atoms with van der Waals surface area (Å²) < 4.78 is 63.5. The largest absolute Gasteiger partial charge is 0.573 e. The van der Waals surface area contributed by atoms with E-state index in [-0.39, 0.29) is 17.9 Å². The van der Waals surface area contributed by atoms with Gasteiger partial charge < -0.3 is 19.5 Å².